The van der Waals surface area contributed by atoms with Crippen molar-refractivity contribution in [3.63, 3.8) is 0 Å². The summed E-state index contributed by atoms with van der Waals surface area (Å²) in [5.41, 5.74) is 0.781. The van der Waals surface area contributed by atoms with E-state index in [0.29, 0.717) is 9.26 Å². The normalized spacial score (nSPS) is 10.3. The fraction of sp³-hybridized carbons (Fsp3) is 0. The van der Waals surface area contributed by atoms with E-state index in [1.165, 1.54) is 36.4 Å². The second-order valence-corrected chi connectivity index (χ2v) is 5.39. The van der Waals surface area contributed by atoms with Gasteiger partial charge >= 0.3 is 0 Å². The summed E-state index contributed by atoms with van der Waals surface area (Å²) in [6, 6.07) is 7.91. The molecular weight excluding hydrogens is 383 g/mol. The van der Waals surface area contributed by atoms with Crippen molar-refractivity contribution in [2.24, 2.45) is 0 Å². The van der Waals surface area contributed by atoms with E-state index in [0.717, 1.165) is 0 Å². The molecule has 0 bridgehead atoms. The molecule has 0 atom stereocenters. The lowest BCUT2D eigenvalue weighted by molar-refractivity contribution is 0.102. The Kier molecular flexibility index (Phi) is 4.41. The molecule has 0 aliphatic rings. The number of benzene rings is 2. The van der Waals surface area contributed by atoms with Crippen LogP contribution in [0.3, 0.4) is 0 Å². The molecule has 2 nitrogen and oxygen atoms in total. The third-order valence-electron chi connectivity index (χ3n) is 2.39. The predicted octanol–water partition coefficient (Wildman–Crippen LogP) is 4.11. The number of rotatable bonds is 2. The minimum Gasteiger partial charge on any atom is -0.321 e. The highest BCUT2D eigenvalue weighted by Crippen LogP contribution is 2.21. The molecule has 0 saturated heterocycles. The summed E-state index contributed by atoms with van der Waals surface area (Å²) in [6.45, 7) is 0. The number of nitrogens with one attached hydrogen (secondary N) is 1. The zero-order chi connectivity index (χ0) is 14.0. The molecule has 0 heterocycles. The average molecular weight is 391 g/mol. The number of anilines is 1. The second kappa shape index (κ2) is 5.87. The highest BCUT2D eigenvalue weighted by Gasteiger charge is 2.10. The number of carbonyl (C=O) groups excluding carboxylic acids is 1. The van der Waals surface area contributed by atoms with Gasteiger partial charge in [-0.1, -0.05) is 0 Å². The largest absolute Gasteiger partial charge is 0.321 e. The van der Waals surface area contributed by atoms with Crippen molar-refractivity contribution in [1.82, 2.24) is 0 Å². The SMILES string of the molecule is O=C(Nc1ccc(F)cc1I)c1ccc(F)c(S)c1. The Hall–Kier alpha value is -1.15. The van der Waals surface area contributed by atoms with Crippen LogP contribution in [0.4, 0.5) is 14.5 Å². The highest BCUT2D eigenvalue weighted by molar-refractivity contribution is 14.1. The Bertz CT molecular complexity index is 649. The van der Waals surface area contributed by atoms with Crippen LogP contribution in [-0.2, 0) is 0 Å². The number of hydrogen-bond donors (Lipinski definition) is 2. The minimum atomic E-state index is -0.490. The van der Waals surface area contributed by atoms with E-state index < -0.39 is 11.7 Å². The van der Waals surface area contributed by atoms with Gasteiger partial charge in [0.25, 0.3) is 5.91 Å². The molecule has 0 spiro atoms. The van der Waals surface area contributed by atoms with Crippen molar-refractivity contribution < 1.29 is 13.6 Å². The third kappa shape index (κ3) is 3.44. The molecule has 2 aromatic carbocycles. The van der Waals surface area contributed by atoms with Crippen molar-refractivity contribution in [1.29, 1.82) is 0 Å². The van der Waals surface area contributed by atoms with Crippen molar-refractivity contribution >= 4 is 46.8 Å². The van der Waals surface area contributed by atoms with Crippen LogP contribution in [0.5, 0.6) is 0 Å². The lowest BCUT2D eigenvalue weighted by Crippen LogP contribution is -2.13. The van der Waals surface area contributed by atoms with Gasteiger partial charge in [0.15, 0.2) is 0 Å². The van der Waals surface area contributed by atoms with E-state index >= 15 is 0 Å². The van der Waals surface area contributed by atoms with E-state index in [9.17, 15) is 13.6 Å². The summed E-state index contributed by atoms with van der Waals surface area (Å²) in [5, 5.41) is 2.63. The summed E-state index contributed by atoms with van der Waals surface area (Å²) in [4.78, 5) is 12.0. The topological polar surface area (TPSA) is 29.1 Å². The number of thiol groups is 1. The van der Waals surface area contributed by atoms with Crippen LogP contribution in [0, 0.1) is 15.2 Å². The molecule has 0 radical (unpaired) electrons. The number of carbonyl (C=O) groups is 1. The van der Waals surface area contributed by atoms with E-state index in [1.807, 2.05) is 22.6 Å². The number of amides is 1. The summed E-state index contributed by atoms with van der Waals surface area (Å²) < 4.78 is 26.6. The van der Waals surface area contributed by atoms with E-state index in [-0.39, 0.29) is 16.3 Å². The van der Waals surface area contributed by atoms with Gasteiger partial charge in [0.1, 0.15) is 11.6 Å². The van der Waals surface area contributed by atoms with E-state index in [1.54, 1.807) is 0 Å². The minimum absolute atomic E-state index is 0.0986. The van der Waals surface area contributed by atoms with Gasteiger partial charge in [0.2, 0.25) is 0 Å². The molecule has 0 fully saturated rings. The van der Waals surface area contributed by atoms with Crippen molar-refractivity contribution in [2.75, 3.05) is 5.32 Å². The molecule has 0 aromatic heterocycles. The first-order valence-corrected chi connectivity index (χ1v) is 6.75. The first-order chi connectivity index (χ1) is 8.97. The van der Waals surface area contributed by atoms with Crippen LogP contribution < -0.4 is 5.32 Å². The average Bonchev–Trinajstić information content (AvgIpc) is 2.36. The van der Waals surface area contributed by atoms with Crippen molar-refractivity contribution in [3.8, 4) is 0 Å². The van der Waals surface area contributed by atoms with Crippen LogP contribution in [0.2, 0.25) is 0 Å². The fourth-order valence-corrected chi connectivity index (χ4v) is 2.26. The molecule has 0 aliphatic carbocycles. The Balaban J connectivity index is 2.23. The van der Waals surface area contributed by atoms with Gasteiger partial charge in [-0.3, -0.25) is 4.79 Å². The summed E-state index contributed by atoms with van der Waals surface area (Å²) >= 11 is 5.84. The van der Waals surface area contributed by atoms with Gasteiger partial charge in [-0.25, -0.2) is 8.78 Å². The quantitative estimate of drug-likeness (QED) is 0.586. The van der Waals surface area contributed by atoms with Gasteiger partial charge in [0, 0.05) is 14.0 Å². The molecule has 0 saturated carbocycles. The molecular formula is C13H8F2INOS. The van der Waals surface area contributed by atoms with Gasteiger partial charge in [0.05, 0.1) is 5.69 Å². The number of hydrogen-bond acceptors (Lipinski definition) is 2. The van der Waals surface area contributed by atoms with Crippen LogP contribution in [0.1, 0.15) is 10.4 Å². The molecule has 19 heavy (non-hydrogen) atoms. The molecule has 0 aliphatic heterocycles. The molecule has 1 amide bonds. The van der Waals surface area contributed by atoms with Crippen LogP contribution in [-0.4, -0.2) is 5.91 Å². The van der Waals surface area contributed by atoms with Crippen molar-refractivity contribution in [3.05, 3.63) is 57.2 Å². The Morgan fingerprint density at radius 1 is 1.16 bits per heavy atom. The van der Waals surface area contributed by atoms with Crippen LogP contribution >= 0.6 is 35.2 Å². The monoisotopic (exact) mass is 391 g/mol. The molecule has 98 valence electrons. The zero-order valence-electron chi connectivity index (χ0n) is 9.45. The number of halogens is 3. The lowest BCUT2D eigenvalue weighted by Gasteiger charge is -2.08. The maximum atomic E-state index is 13.0. The fourth-order valence-electron chi connectivity index (χ4n) is 1.44. The zero-order valence-corrected chi connectivity index (χ0v) is 12.5. The van der Waals surface area contributed by atoms with Gasteiger partial charge < -0.3 is 5.32 Å². The molecule has 1 N–H and O–H groups in total. The first kappa shape index (κ1) is 14.3. The third-order valence-corrected chi connectivity index (χ3v) is 3.62. The lowest BCUT2D eigenvalue weighted by atomic mass is 10.2. The van der Waals surface area contributed by atoms with Gasteiger partial charge in [-0.15, -0.1) is 12.6 Å². The van der Waals surface area contributed by atoms with E-state index in [2.05, 4.69) is 17.9 Å². The van der Waals surface area contributed by atoms with Crippen molar-refractivity contribution in [2.45, 2.75) is 4.90 Å². The van der Waals surface area contributed by atoms with Crippen LogP contribution in [0.15, 0.2) is 41.3 Å². The van der Waals surface area contributed by atoms with Gasteiger partial charge in [-0.2, -0.15) is 0 Å². The molecule has 6 heteroatoms. The highest BCUT2D eigenvalue weighted by atomic mass is 127. The maximum Gasteiger partial charge on any atom is 0.255 e. The second-order valence-electron chi connectivity index (χ2n) is 3.74. The molecule has 0 unspecified atom stereocenters. The smallest absolute Gasteiger partial charge is 0.255 e. The standard InChI is InChI=1S/C13H8F2INOS/c14-8-2-4-11(10(16)6-8)17-13(18)7-1-3-9(15)12(19)5-7/h1-6,19H,(H,17,18). The predicted molar refractivity (Wildman–Crippen MR) is 80.7 cm³/mol. The molecule has 2 rings (SSSR count). The van der Waals surface area contributed by atoms with E-state index in [4.69, 9.17) is 0 Å². The van der Waals surface area contributed by atoms with Crippen LogP contribution in [0.25, 0.3) is 0 Å². The summed E-state index contributed by atoms with van der Waals surface area (Å²) in [7, 11) is 0. The first-order valence-electron chi connectivity index (χ1n) is 5.22. The Labute approximate surface area is 127 Å². The summed E-state index contributed by atoms with van der Waals surface area (Å²) in [6.07, 6.45) is 0. The summed E-state index contributed by atoms with van der Waals surface area (Å²) in [5.74, 6) is -1.27. The molecule has 2 aromatic rings. The van der Waals surface area contributed by atoms with Gasteiger partial charge in [-0.05, 0) is 59.0 Å². The Morgan fingerprint density at radius 2 is 1.89 bits per heavy atom. The maximum absolute atomic E-state index is 13.0. The Morgan fingerprint density at radius 3 is 2.53 bits per heavy atom.